The monoisotopic (exact) mass is 410 g/mol. The van der Waals surface area contributed by atoms with E-state index in [4.69, 9.17) is 0 Å². The Labute approximate surface area is 160 Å². The second-order valence-corrected chi connectivity index (χ2v) is 8.39. The van der Waals surface area contributed by atoms with Crippen LogP contribution in [0.4, 0.5) is 10.3 Å². The van der Waals surface area contributed by atoms with E-state index in [1.807, 2.05) is 0 Å². The Morgan fingerprint density at radius 2 is 2.11 bits per heavy atom. The quantitative estimate of drug-likeness (QED) is 0.756. The Bertz CT molecular complexity index is 1080. The molecule has 1 aromatic heterocycles. The number of amides is 1. The van der Waals surface area contributed by atoms with Gasteiger partial charge in [-0.25, -0.2) is 22.1 Å². The predicted octanol–water partition coefficient (Wildman–Crippen LogP) is 0.485. The highest BCUT2D eigenvalue weighted by molar-refractivity contribution is 7.92. The van der Waals surface area contributed by atoms with Crippen LogP contribution in [0.3, 0.4) is 0 Å². The highest BCUT2D eigenvalue weighted by atomic mass is 32.2. The van der Waals surface area contributed by atoms with Crippen LogP contribution in [0.25, 0.3) is 0 Å². The van der Waals surface area contributed by atoms with Crippen LogP contribution in [-0.4, -0.2) is 41.3 Å². The molecule has 2 aromatic rings. The zero-order valence-electron chi connectivity index (χ0n) is 15.1. The first-order valence-corrected chi connectivity index (χ1v) is 10.1. The average molecular weight is 410 g/mol. The summed E-state index contributed by atoms with van der Waals surface area (Å²) >= 11 is 0. The molecule has 0 unspecified atom stereocenters. The number of aromatic hydroxyl groups is 1. The molecule has 1 saturated heterocycles. The molecule has 11 heteroatoms. The Morgan fingerprint density at radius 1 is 1.36 bits per heavy atom. The Morgan fingerprint density at radius 3 is 2.79 bits per heavy atom. The minimum Gasteiger partial charge on any atom is -0.501 e. The number of aromatic nitrogens is 2. The molecule has 1 aromatic carbocycles. The zero-order valence-corrected chi connectivity index (χ0v) is 15.9. The minimum atomic E-state index is -3.68. The van der Waals surface area contributed by atoms with Crippen LogP contribution in [0.2, 0.25) is 0 Å². The summed E-state index contributed by atoms with van der Waals surface area (Å²) in [6, 6.07) is 5.55. The fraction of sp³-hybridized carbons (Fsp3) is 0.353. The Hall–Kier alpha value is -2.95. The summed E-state index contributed by atoms with van der Waals surface area (Å²) in [4.78, 5) is 28.7. The van der Waals surface area contributed by atoms with E-state index in [1.54, 1.807) is 6.07 Å². The third-order valence-corrected chi connectivity index (χ3v) is 6.19. The number of benzene rings is 1. The summed E-state index contributed by atoms with van der Waals surface area (Å²) in [6.45, 7) is 0.0575. The highest BCUT2D eigenvalue weighted by Gasteiger charge is 2.31. The van der Waals surface area contributed by atoms with E-state index in [0.717, 1.165) is 8.87 Å². The summed E-state index contributed by atoms with van der Waals surface area (Å²) in [5.74, 6) is -2.57. The molecule has 28 heavy (non-hydrogen) atoms. The van der Waals surface area contributed by atoms with Gasteiger partial charge in [-0.15, -0.1) is 0 Å². The SMILES string of the molecule is Cn1c(N2CCCCS2(=O)=O)nc(C(=O)NCc2cccc(F)c2)c(O)c1=O. The predicted molar refractivity (Wildman–Crippen MR) is 99.1 cm³/mol. The summed E-state index contributed by atoms with van der Waals surface area (Å²) in [6.07, 6.45) is 1.07. The molecule has 1 aliphatic rings. The molecule has 1 aliphatic heterocycles. The number of hydrogen-bond acceptors (Lipinski definition) is 6. The van der Waals surface area contributed by atoms with Crippen molar-refractivity contribution in [2.45, 2.75) is 19.4 Å². The van der Waals surface area contributed by atoms with Crippen molar-refractivity contribution in [1.29, 1.82) is 0 Å². The Kier molecular flexibility index (Phi) is 5.36. The van der Waals surface area contributed by atoms with Crippen LogP contribution in [0.15, 0.2) is 29.1 Å². The van der Waals surface area contributed by atoms with Crippen molar-refractivity contribution in [3.05, 3.63) is 51.7 Å². The summed E-state index contributed by atoms with van der Waals surface area (Å²) < 4.78 is 39.8. The average Bonchev–Trinajstić information content (AvgIpc) is 2.65. The van der Waals surface area contributed by atoms with Gasteiger partial charge in [0.15, 0.2) is 5.69 Å². The third kappa shape index (κ3) is 3.84. The first-order chi connectivity index (χ1) is 13.2. The van der Waals surface area contributed by atoms with Crippen molar-refractivity contribution in [3.63, 3.8) is 0 Å². The standard InChI is InChI=1S/C17H19FN4O5S/c1-21-16(25)14(23)13(15(24)19-10-11-5-4-6-12(18)9-11)20-17(21)22-7-2-3-8-28(22,26)27/h4-6,9,23H,2-3,7-8,10H2,1H3,(H,19,24). The lowest BCUT2D eigenvalue weighted by molar-refractivity contribution is 0.0942. The summed E-state index contributed by atoms with van der Waals surface area (Å²) in [7, 11) is -2.41. The number of halogens is 1. The molecule has 2 heterocycles. The molecule has 1 fully saturated rings. The number of sulfonamides is 1. The normalized spacial score (nSPS) is 16.0. The number of carbonyl (C=O) groups excluding carboxylic acids is 1. The minimum absolute atomic E-state index is 0.0652. The molecule has 9 nitrogen and oxygen atoms in total. The van der Waals surface area contributed by atoms with Gasteiger partial charge in [0.25, 0.3) is 11.5 Å². The fourth-order valence-corrected chi connectivity index (χ4v) is 4.50. The first kappa shape index (κ1) is 19.8. The molecular weight excluding hydrogens is 391 g/mol. The van der Waals surface area contributed by atoms with Gasteiger partial charge in [-0.2, -0.15) is 0 Å². The van der Waals surface area contributed by atoms with Crippen LogP contribution in [0.5, 0.6) is 5.75 Å². The van der Waals surface area contributed by atoms with Crippen molar-refractivity contribution < 1.29 is 22.7 Å². The summed E-state index contributed by atoms with van der Waals surface area (Å²) in [5.41, 5.74) is -1.06. The highest BCUT2D eigenvalue weighted by Crippen LogP contribution is 2.22. The van der Waals surface area contributed by atoms with Crippen LogP contribution in [0.1, 0.15) is 28.9 Å². The van der Waals surface area contributed by atoms with Crippen molar-refractivity contribution in [2.24, 2.45) is 7.05 Å². The first-order valence-electron chi connectivity index (χ1n) is 8.54. The van der Waals surface area contributed by atoms with E-state index in [1.165, 1.54) is 25.2 Å². The maximum Gasteiger partial charge on any atom is 0.297 e. The van der Waals surface area contributed by atoms with Crippen LogP contribution >= 0.6 is 0 Å². The van der Waals surface area contributed by atoms with E-state index in [0.29, 0.717) is 18.4 Å². The second-order valence-electron chi connectivity index (χ2n) is 6.38. The molecular formula is C17H19FN4O5S. The van der Waals surface area contributed by atoms with Gasteiger partial charge in [0.1, 0.15) is 5.82 Å². The van der Waals surface area contributed by atoms with Crippen LogP contribution < -0.4 is 15.2 Å². The number of rotatable bonds is 4. The lowest BCUT2D eigenvalue weighted by Crippen LogP contribution is -2.42. The van der Waals surface area contributed by atoms with Gasteiger partial charge in [-0.05, 0) is 30.5 Å². The van der Waals surface area contributed by atoms with Crippen molar-refractivity contribution >= 4 is 21.9 Å². The molecule has 150 valence electrons. The number of nitrogens with one attached hydrogen (secondary N) is 1. The van der Waals surface area contributed by atoms with Gasteiger partial charge in [0.05, 0.1) is 5.75 Å². The zero-order chi connectivity index (χ0) is 20.5. The largest absolute Gasteiger partial charge is 0.501 e. The van der Waals surface area contributed by atoms with Gasteiger partial charge in [0, 0.05) is 20.1 Å². The van der Waals surface area contributed by atoms with Gasteiger partial charge in [-0.1, -0.05) is 12.1 Å². The topological polar surface area (TPSA) is 122 Å². The fourth-order valence-electron chi connectivity index (χ4n) is 2.89. The molecule has 0 aliphatic carbocycles. The van der Waals surface area contributed by atoms with E-state index in [2.05, 4.69) is 10.3 Å². The summed E-state index contributed by atoms with van der Waals surface area (Å²) in [5, 5.41) is 12.5. The molecule has 0 spiro atoms. The molecule has 0 atom stereocenters. The number of anilines is 1. The lowest BCUT2D eigenvalue weighted by Gasteiger charge is -2.28. The van der Waals surface area contributed by atoms with Crippen LogP contribution in [0, 0.1) is 5.82 Å². The van der Waals surface area contributed by atoms with Crippen LogP contribution in [-0.2, 0) is 23.6 Å². The van der Waals surface area contributed by atoms with Gasteiger partial charge < -0.3 is 10.4 Å². The van der Waals surface area contributed by atoms with E-state index in [9.17, 15) is 27.5 Å². The van der Waals surface area contributed by atoms with Crippen molar-refractivity contribution in [3.8, 4) is 5.75 Å². The number of nitrogens with zero attached hydrogens (tertiary/aromatic N) is 3. The van der Waals surface area contributed by atoms with E-state index in [-0.39, 0.29) is 24.8 Å². The maximum absolute atomic E-state index is 13.2. The van der Waals surface area contributed by atoms with Gasteiger partial charge >= 0.3 is 0 Å². The molecule has 3 rings (SSSR count). The maximum atomic E-state index is 13.2. The van der Waals surface area contributed by atoms with Gasteiger partial charge in [-0.3, -0.25) is 14.2 Å². The van der Waals surface area contributed by atoms with E-state index < -0.39 is 38.8 Å². The molecule has 2 N–H and O–H groups in total. The molecule has 0 saturated carbocycles. The molecule has 1 amide bonds. The number of carbonyl (C=O) groups is 1. The van der Waals surface area contributed by atoms with E-state index >= 15 is 0 Å². The third-order valence-electron chi connectivity index (χ3n) is 4.37. The van der Waals surface area contributed by atoms with Crippen molar-refractivity contribution in [2.75, 3.05) is 16.6 Å². The van der Waals surface area contributed by atoms with Gasteiger partial charge in [0.2, 0.25) is 21.7 Å². The second kappa shape index (κ2) is 7.58. The van der Waals surface area contributed by atoms with Crippen molar-refractivity contribution in [1.82, 2.24) is 14.9 Å². The Balaban J connectivity index is 1.93. The smallest absolute Gasteiger partial charge is 0.297 e. The number of hydrogen-bond donors (Lipinski definition) is 2. The lowest BCUT2D eigenvalue weighted by atomic mass is 10.2. The molecule has 0 radical (unpaired) electrons. The molecule has 0 bridgehead atoms.